The molecule has 0 unspecified atom stereocenters. The molecule has 0 aromatic heterocycles. The lowest BCUT2D eigenvalue weighted by molar-refractivity contribution is -0.224. The summed E-state index contributed by atoms with van der Waals surface area (Å²) in [5.41, 5.74) is 0. The zero-order chi connectivity index (χ0) is 13.5. The van der Waals surface area contributed by atoms with Gasteiger partial charge in [-0.15, -0.1) is 11.6 Å². The monoisotopic (exact) mass is 251 g/mol. The highest BCUT2D eigenvalue weighted by atomic mass is 16.7. The van der Waals surface area contributed by atoms with Crippen LogP contribution < -0.4 is 0 Å². The zero-order valence-electron chi connectivity index (χ0n) is 10.2. The number of carbonyl (C=O) groups is 2. The molecule has 0 aromatic rings. The minimum absolute atomic E-state index is 0.198. The molecule has 0 saturated carbocycles. The molecule has 0 bridgehead atoms. The lowest BCUT2D eigenvalue weighted by Gasteiger charge is -2.40. The Kier molecular flexibility index (Phi) is 5.29. The third-order valence-electron chi connectivity index (χ3n) is 2.35. The molecule has 6 heteroatoms. The highest BCUT2D eigenvalue weighted by Gasteiger charge is 2.27. The first-order valence-corrected chi connectivity index (χ1v) is 5.43. The molecule has 0 aliphatic carbocycles. The average Bonchev–Trinajstić information content (AvgIpc) is 2.42. The Morgan fingerprint density at radius 1 is 1.00 bits per heavy atom. The van der Waals surface area contributed by atoms with Crippen molar-refractivity contribution in [2.75, 3.05) is 26.6 Å². The molecule has 98 valence electrons. The van der Waals surface area contributed by atoms with Gasteiger partial charge in [0.15, 0.2) is 0 Å². The van der Waals surface area contributed by atoms with Crippen molar-refractivity contribution in [3.8, 4) is 0 Å². The van der Waals surface area contributed by atoms with E-state index in [4.69, 9.17) is 4.84 Å². The Bertz CT molecular complexity index is 340. The van der Waals surface area contributed by atoms with Crippen LogP contribution in [0.1, 0.15) is 0 Å². The van der Waals surface area contributed by atoms with Crippen molar-refractivity contribution in [1.82, 2.24) is 14.9 Å². The maximum atomic E-state index is 11.6. The second kappa shape index (κ2) is 6.73. The van der Waals surface area contributed by atoms with E-state index >= 15 is 0 Å². The van der Waals surface area contributed by atoms with E-state index in [1.807, 2.05) is 0 Å². The van der Waals surface area contributed by atoms with Crippen molar-refractivity contribution in [1.29, 1.82) is 0 Å². The lowest BCUT2D eigenvalue weighted by atomic mass is 10.4. The van der Waals surface area contributed by atoms with E-state index in [0.717, 1.165) is 0 Å². The summed E-state index contributed by atoms with van der Waals surface area (Å²) in [6.07, 6.45) is 4.00. The highest BCUT2D eigenvalue weighted by molar-refractivity contribution is 5.89. The summed E-state index contributed by atoms with van der Waals surface area (Å²) in [4.78, 5) is 31.4. The summed E-state index contributed by atoms with van der Waals surface area (Å²) in [5.74, 6) is -0.521. The summed E-state index contributed by atoms with van der Waals surface area (Å²) in [6.45, 7) is 11.5. The smallest absolute Gasteiger partial charge is 0.248 e. The molecule has 1 aliphatic rings. The first kappa shape index (κ1) is 14.1. The molecule has 1 aliphatic heterocycles. The van der Waals surface area contributed by atoms with Crippen LogP contribution in [-0.2, 0) is 14.4 Å². The number of amides is 2. The van der Waals surface area contributed by atoms with Crippen LogP contribution in [0.25, 0.3) is 0 Å². The van der Waals surface area contributed by atoms with Gasteiger partial charge in [-0.2, -0.15) is 0 Å². The van der Waals surface area contributed by atoms with Crippen LogP contribution in [0.4, 0.5) is 0 Å². The fourth-order valence-electron chi connectivity index (χ4n) is 1.50. The van der Waals surface area contributed by atoms with Gasteiger partial charge in [0, 0.05) is 0 Å². The number of hydrogen-bond acceptors (Lipinski definition) is 4. The van der Waals surface area contributed by atoms with E-state index in [9.17, 15) is 9.59 Å². The molecule has 0 N–H and O–H groups in total. The molecule has 0 aromatic carbocycles. The maximum absolute atomic E-state index is 11.6. The van der Waals surface area contributed by atoms with Crippen LogP contribution in [0.5, 0.6) is 0 Å². The second-order valence-corrected chi connectivity index (χ2v) is 3.65. The number of carbonyl (C=O) groups excluding carboxylic acids is 2. The summed E-state index contributed by atoms with van der Waals surface area (Å²) in [7, 11) is 0. The van der Waals surface area contributed by atoms with Gasteiger partial charge in [-0.05, 0) is 12.2 Å². The third-order valence-corrected chi connectivity index (χ3v) is 2.35. The van der Waals surface area contributed by atoms with Crippen LogP contribution in [0.15, 0.2) is 38.0 Å². The molecule has 0 spiro atoms. The van der Waals surface area contributed by atoms with E-state index in [1.54, 1.807) is 6.08 Å². The van der Waals surface area contributed by atoms with Crippen LogP contribution in [0.2, 0.25) is 0 Å². The Morgan fingerprint density at radius 3 is 1.89 bits per heavy atom. The second-order valence-electron chi connectivity index (χ2n) is 3.65. The maximum Gasteiger partial charge on any atom is 0.248 e. The van der Waals surface area contributed by atoms with Crippen molar-refractivity contribution in [3.05, 3.63) is 38.0 Å². The van der Waals surface area contributed by atoms with Crippen molar-refractivity contribution in [2.45, 2.75) is 0 Å². The first-order valence-electron chi connectivity index (χ1n) is 5.43. The zero-order valence-corrected chi connectivity index (χ0v) is 10.2. The summed E-state index contributed by atoms with van der Waals surface area (Å²) >= 11 is 0. The van der Waals surface area contributed by atoms with Crippen LogP contribution in [0.3, 0.4) is 0 Å². The van der Waals surface area contributed by atoms with Gasteiger partial charge in [0.25, 0.3) is 0 Å². The Hall–Kier alpha value is -1.92. The minimum Gasteiger partial charge on any atom is -0.306 e. The van der Waals surface area contributed by atoms with E-state index < -0.39 is 0 Å². The Labute approximate surface area is 106 Å². The van der Waals surface area contributed by atoms with Gasteiger partial charge in [-0.3, -0.25) is 14.4 Å². The van der Waals surface area contributed by atoms with Crippen LogP contribution in [-0.4, -0.2) is 53.3 Å². The summed E-state index contributed by atoms with van der Waals surface area (Å²) in [5, 5.41) is 1.51. The molecule has 0 radical (unpaired) electrons. The lowest BCUT2D eigenvalue weighted by Crippen LogP contribution is -2.57. The molecule has 6 nitrogen and oxygen atoms in total. The molecule has 18 heavy (non-hydrogen) atoms. The first-order chi connectivity index (χ1) is 8.62. The summed E-state index contributed by atoms with van der Waals surface area (Å²) < 4.78 is 0. The van der Waals surface area contributed by atoms with Gasteiger partial charge in [0.1, 0.15) is 13.3 Å². The molecular weight excluding hydrogens is 234 g/mol. The van der Waals surface area contributed by atoms with E-state index in [1.165, 1.54) is 27.0 Å². The van der Waals surface area contributed by atoms with E-state index in [0.29, 0.717) is 6.61 Å². The minimum atomic E-state index is -0.260. The van der Waals surface area contributed by atoms with Crippen molar-refractivity contribution < 1.29 is 14.4 Å². The molecular formula is C12H17N3O3. The normalized spacial score (nSPS) is 16.2. The Morgan fingerprint density at radius 2 is 1.50 bits per heavy atom. The quantitative estimate of drug-likeness (QED) is 0.521. The predicted octanol–water partition coefficient (Wildman–Crippen LogP) is 0.321. The van der Waals surface area contributed by atoms with Crippen molar-refractivity contribution >= 4 is 11.8 Å². The van der Waals surface area contributed by atoms with Gasteiger partial charge < -0.3 is 9.80 Å². The molecule has 1 saturated heterocycles. The average molecular weight is 251 g/mol. The molecule has 1 heterocycles. The topological polar surface area (TPSA) is 53.1 Å². The molecule has 1 rings (SSSR count). The molecule has 2 amide bonds. The van der Waals surface area contributed by atoms with E-state index in [-0.39, 0.29) is 31.8 Å². The largest absolute Gasteiger partial charge is 0.306 e. The fraction of sp³-hybridized carbons (Fsp3) is 0.333. The van der Waals surface area contributed by atoms with Gasteiger partial charge in [-0.25, -0.2) is 0 Å². The van der Waals surface area contributed by atoms with Gasteiger partial charge in [0.05, 0.1) is 13.3 Å². The SMILES string of the molecule is C=CCON1CN(C(=O)C=C)CN(C(=O)C=C)C1. The third kappa shape index (κ3) is 3.54. The number of hydroxylamine groups is 2. The highest BCUT2D eigenvalue weighted by Crippen LogP contribution is 2.09. The van der Waals surface area contributed by atoms with Crippen molar-refractivity contribution in [3.63, 3.8) is 0 Å². The van der Waals surface area contributed by atoms with Gasteiger partial charge >= 0.3 is 0 Å². The van der Waals surface area contributed by atoms with E-state index in [2.05, 4.69) is 19.7 Å². The van der Waals surface area contributed by atoms with Gasteiger partial charge in [0.2, 0.25) is 11.8 Å². The predicted molar refractivity (Wildman–Crippen MR) is 66.7 cm³/mol. The van der Waals surface area contributed by atoms with Crippen LogP contribution in [0, 0.1) is 0 Å². The Balaban J connectivity index is 2.74. The van der Waals surface area contributed by atoms with Gasteiger partial charge in [-0.1, -0.05) is 19.2 Å². The van der Waals surface area contributed by atoms with Crippen LogP contribution >= 0.6 is 0 Å². The molecule has 0 atom stereocenters. The number of hydrogen-bond donors (Lipinski definition) is 0. The fourth-order valence-corrected chi connectivity index (χ4v) is 1.50. The number of rotatable bonds is 5. The summed E-state index contributed by atoms with van der Waals surface area (Å²) in [6, 6.07) is 0. The number of nitrogens with zero attached hydrogens (tertiary/aromatic N) is 3. The van der Waals surface area contributed by atoms with Crippen molar-refractivity contribution in [2.24, 2.45) is 0 Å². The molecule has 1 fully saturated rings. The standard InChI is InChI=1S/C12H17N3O3/c1-4-7-18-15-9-13(11(16)5-2)8-14(10-15)12(17)6-3/h4-6H,1-3,7-10H2.